The number of amides is 1. The number of alkyl halides is 3. The molecule has 0 fully saturated rings. The standard InChI is InChI=1S/C13H14F3NO3/c1-3-20-12(19)10(13(14,15)16)17-11(18)9-6-4-5-8(2)7-9/h4-7,10H,3H2,1-2H3,(H,17,18)/t10-/m0/s1. The van der Waals surface area contributed by atoms with Gasteiger partial charge in [0.1, 0.15) is 0 Å². The van der Waals surface area contributed by atoms with Crippen molar-refractivity contribution in [3.05, 3.63) is 35.4 Å². The predicted molar refractivity (Wildman–Crippen MR) is 65.1 cm³/mol. The average Bonchev–Trinajstić information content (AvgIpc) is 2.34. The van der Waals surface area contributed by atoms with E-state index >= 15 is 0 Å². The second-order valence-electron chi connectivity index (χ2n) is 4.07. The third-order valence-corrected chi connectivity index (χ3v) is 2.41. The van der Waals surface area contributed by atoms with Gasteiger partial charge in [0.25, 0.3) is 5.91 Å². The molecular weight excluding hydrogens is 275 g/mol. The number of hydrogen-bond donors (Lipinski definition) is 1. The maximum atomic E-state index is 12.7. The topological polar surface area (TPSA) is 55.4 Å². The Balaban J connectivity index is 2.90. The molecule has 0 saturated heterocycles. The summed E-state index contributed by atoms with van der Waals surface area (Å²) in [4.78, 5) is 23.0. The molecule has 4 nitrogen and oxygen atoms in total. The lowest BCUT2D eigenvalue weighted by Gasteiger charge is -2.19. The predicted octanol–water partition coefficient (Wildman–Crippen LogP) is 2.22. The van der Waals surface area contributed by atoms with Gasteiger partial charge in [0.2, 0.25) is 6.04 Å². The van der Waals surface area contributed by atoms with E-state index in [2.05, 4.69) is 4.74 Å². The number of ether oxygens (including phenoxy) is 1. The van der Waals surface area contributed by atoms with Crippen LogP contribution in [0.4, 0.5) is 13.2 Å². The highest BCUT2D eigenvalue weighted by atomic mass is 19.4. The molecule has 0 radical (unpaired) electrons. The number of hydrogen-bond acceptors (Lipinski definition) is 3. The van der Waals surface area contributed by atoms with Crippen molar-refractivity contribution >= 4 is 11.9 Å². The Labute approximate surface area is 113 Å². The molecule has 0 unspecified atom stereocenters. The first kappa shape index (κ1) is 16.0. The molecule has 0 bridgehead atoms. The number of carbonyl (C=O) groups excluding carboxylic acids is 2. The maximum absolute atomic E-state index is 12.7. The Kier molecular flexibility index (Phi) is 5.12. The maximum Gasteiger partial charge on any atom is 0.419 e. The van der Waals surface area contributed by atoms with Gasteiger partial charge in [-0.25, -0.2) is 4.79 Å². The van der Waals surface area contributed by atoms with Gasteiger partial charge in [-0.3, -0.25) is 4.79 Å². The summed E-state index contributed by atoms with van der Waals surface area (Å²) < 4.78 is 42.5. The molecule has 0 spiro atoms. The lowest BCUT2D eigenvalue weighted by Crippen LogP contribution is -2.51. The fourth-order valence-electron chi connectivity index (χ4n) is 1.50. The zero-order valence-corrected chi connectivity index (χ0v) is 11.0. The van der Waals surface area contributed by atoms with Crippen LogP contribution in [0.5, 0.6) is 0 Å². The molecule has 1 aromatic carbocycles. The van der Waals surface area contributed by atoms with Crippen LogP contribution >= 0.6 is 0 Å². The molecule has 0 aliphatic heterocycles. The largest absolute Gasteiger partial charge is 0.464 e. The van der Waals surface area contributed by atoms with Crippen LogP contribution in [0.2, 0.25) is 0 Å². The summed E-state index contributed by atoms with van der Waals surface area (Å²) in [6, 6.07) is 3.35. The molecule has 20 heavy (non-hydrogen) atoms. The second kappa shape index (κ2) is 6.40. The van der Waals surface area contributed by atoms with E-state index in [1.165, 1.54) is 25.1 Å². The summed E-state index contributed by atoms with van der Waals surface area (Å²) >= 11 is 0. The zero-order valence-electron chi connectivity index (χ0n) is 11.0. The number of halogens is 3. The van der Waals surface area contributed by atoms with Gasteiger partial charge in [0.15, 0.2) is 0 Å². The van der Waals surface area contributed by atoms with E-state index in [0.29, 0.717) is 0 Å². The van der Waals surface area contributed by atoms with Crippen molar-refractivity contribution < 1.29 is 27.5 Å². The SMILES string of the molecule is CCOC(=O)[C@H](NC(=O)c1cccc(C)c1)C(F)(F)F. The Bertz CT molecular complexity index is 500. The van der Waals surface area contributed by atoms with Gasteiger partial charge in [0.05, 0.1) is 6.61 Å². The van der Waals surface area contributed by atoms with E-state index in [9.17, 15) is 22.8 Å². The highest BCUT2D eigenvalue weighted by molar-refractivity contribution is 5.97. The molecule has 1 rings (SSSR count). The molecule has 1 aromatic rings. The Morgan fingerprint density at radius 2 is 2.00 bits per heavy atom. The third kappa shape index (κ3) is 4.25. The minimum absolute atomic E-state index is 0.0450. The normalized spacial score (nSPS) is 12.7. The third-order valence-electron chi connectivity index (χ3n) is 2.41. The summed E-state index contributed by atoms with van der Waals surface area (Å²) in [5.74, 6) is -2.51. The Morgan fingerprint density at radius 1 is 1.35 bits per heavy atom. The van der Waals surface area contributed by atoms with Gasteiger partial charge < -0.3 is 10.1 Å². The minimum Gasteiger partial charge on any atom is -0.464 e. The molecule has 0 saturated carbocycles. The van der Waals surface area contributed by atoms with Crippen molar-refractivity contribution in [3.63, 3.8) is 0 Å². The summed E-state index contributed by atoms with van der Waals surface area (Å²) in [5.41, 5.74) is 0.765. The van der Waals surface area contributed by atoms with Gasteiger partial charge in [-0.2, -0.15) is 13.2 Å². The van der Waals surface area contributed by atoms with Gasteiger partial charge >= 0.3 is 12.1 Å². The fraction of sp³-hybridized carbons (Fsp3) is 0.385. The Morgan fingerprint density at radius 3 is 2.50 bits per heavy atom. The highest BCUT2D eigenvalue weighted by Crippen LogP contribution is 2.21. The van der Waals surface area contributed by atoms with Crippen molar-refractivity contribution in [2.24, 2.45) is 0 Å². The molecule has 1 atom stereocenters. The van der Waals surface area contributed by atoms with Crippen LogP contribution in [0, 0.1) is 6.92 Å². The number of rotatable bonds is 4. The number of nitrogens with one attached hydrogen (secondary N) is 1. The molecule has 7 heteroatoms. The van der Waals surface area contributed by atoms with Crippen molar-refractivity contribution in [2.75, 3.05) is 6.61 Å². The summed E-state index contributed by atoms with van der Waals surface area (Å²) in [7, 11) is 0. The number of carbonyl (C=O) groups is 2. The van der Waals surface area contributed by atoms with E-state index in [1.54, 1.807) is 18.3 Å². The Hall–Kier alpha value is -2.05. The molecule has 1 amide bonds. The van der Waals surface area contributed by atoms with Crippen LogP contribution in [0.15, 0.2) is 24.3 Å². The lowest BCUT2D eigenvalue weighted by molar-refractivity contribution is -0.182. The van der Waals surface area contributed by atoms with Crippen LogP contribution < -0.4 is 5.32 Å². The molecule has 0 aromatic heterocycles. The smallest absolute Gasteiger partial charge is 0.419 e. The number of esters is 1. The van der Waals surface area contributed by atoms with Crippen LogP contribution in [0.3, 0.4) is 0 Å². The van der Waals surface area contributed by atoms with Crippen molar-refractivity contribution in [1.29, 1.82) is 0 Å². The van der Waals surface area contributed by atoms with Gasteiger partial charge in [-0.05, 0) is 26.0 Å². The van der Waals surface area contributed by atoms with Crippen LogP contribution in [-0.2, 0) is 9.53 Å². The molecule has 0 aliphatic rings. The van der Waals surface area contributed by atoms with Gasteiger partial charge in [-0.1, -0.05) is 17.7 Å². The monoisotopic (exact) mass is 289 g/mol. The minimum atomic E-state index is -4.91. The summed E-state index contributed by atoms with van der Waals surface area (Å²) in [6.07, 6.45) is -4.91. The molecular formula is C13H14F3NO3. The van der Waals surface area contributed by atoms with E-state index in [4.69, 9.17) is 0 Å². The zero-order chi connectivity index (χ0) is 15.3. The lowest BCUT2D eigenvalue weighted by atomic mass is 10.1. The molecule has 0 aliphatic carbocycles. The van der Waals surface area contributed by atoms with Crippen molar-refractivity contribution in [3.8, 4) is 0 Å². The van der Waals surface area contributed by atoms with Crippen LogP contribution in [0.1, 0.15) is 22.8 Å². The van der Waals surface area contributed by atoms with Gasteiger partial charge in [0, 0.05) is 5.56 Å². The van der Waals surface area contributed by atoms with Crippen LogP contribution in [0.25, 0.3) is 0 Å². The van der Waals surface area contributed by atoms with Gasteiger partial charge in [-0.15, -0.1) is 0 Å². The first-order chi connectivity index (χ1) is 9.25. The van der Waals surface area contributed by atoms with E-state index in [0.717, 1.165) is 5.56 Å². The molecule has 110 valence electrons. The summed E-state index contributed by atoms with van der Waals surface area (Å²) in [6.45, 7) is 2.88. The highest BCUT2D eigenvalue weighted by Gasteiger charge is 2.47. The van der Waals surface area contributed by atoms with Crippen molar-refractivity contribution in [1.82, 2.24) is 5.32 Å². The number of benzene rings is 1. The van der Waals surface area contributed by atoms with Crippen molar-refractivity contribution in [2.45, 2.75) is 26.1 Å². The van der Waals surface area contributed by atoms with E-state index in [1.807, 2.05) is 0 Å². The van der Waals surface area contributed by atoms with Crippen LogP contribution in [-0.4, -0.2) is 30.7 Å². The van der Waals surface area contributed by atoms with E-state index < -0.39 is 24.1 Å². The first-order valence-electron chi connectivity index (χ1n) is 5.86. The molecule has 0 heterocycles. The first-order valence-corrected chi connectivity index (χ1v) is 5.86. The van der Waals surface area contributed by atoms with E-state index in [-0.39, 0.29) is 12.2 Å². The number of aryl methyl sites for hydroxylation is 1. The average molecular weight is 289 g/mol. The second-order valence-corrected chi connectivity index (χ2v) is 4.07. The molecule has 1 N–H and O–H groups in total. The summed E-state index contributed by atoms with van der Waals surface area (Å²) in [5, 5.41) is 1.65. The fourth-order valence-corrected chi connectivity index (χ4v) is 1.50. The quantitative estimate of drug-likeness (QED) is 0.865.